The van der Waals surface area contributed by atoms with Crippen LogP contribution in [0.4, 0.5) is 5.69 Å². The van der Waals surface area contributed by atoms with Crippen LogP contribution in [0.5, 0.6) is 0 Å². The van der Waals surface area contributed by atoms with Crippen LogP contribution >= 0.6 is 0 Å². The van der Waals surface area contributed by atoms with Gasteiger partial charge in [0.15, 0.2) is 0 Å². The van der Waals surface area contributed by atoms with Crippen molar-refractivity contribution in [2.24, 2.45) is 5.92 Å². The molecule has 0 aliphatic heterocycles. The molecule has 1 amide bonds. The molecule has 26 heavy (non-hydrogen) atoms. The number of aryl methyl sites for hydroxylation is 1. The molecule has 2 heteroatoms. The van der Waals surface area contributed by atoms with Crippen LogP contribution in [0.25, 0.3) is 0 Å². The number of nitrogens with one attached hydrogen (secondary N) is 1. The lowest BCUT2D eigenvalue weighted by atomic mass is 9.59. The number of benzene rings is 3. The van der Waals surface area contributed by atoms with Crippen molar-refractivity contribution in [2.75, 3.05) is 5.32 Å². The van der Waals surface area contributed by atoms with Crippen molar-refractivity contribution in [1.82, 2.24) is 0 Å². The topological polar surface area (TPSA) is 29.1 Å². The smallest absolute Gasteiger partial charge is 0.228 e. The molecule has 3 aromatic rings. The Bertz CT molecular complexity index is 942. The minimum Gasteiger partial charge on any atom is -0.326 e. The van der Waals surface area contributed by atoms with Gasteiger partial charge < -0.3 is 5.32 Å². The van der Waals surface area contributed by atoms with Gasteiger partial charge in [0.25, 0.3) is 0 Å². The highest BCUT2D eigenvalue weighted by atomic mass is 16.1. The van der Waals surface area contributed by atoms with E-state index in [1.807, 2.05) is 24.3 Å². The van der Waals surface area contributed by atoms with E-state index in [0.717, 1.165) is 12.1 Å². The van der Waals surface area contributed by atoms with Crippen LogP contribution in [-0.4, -0.2) is 5.91 Å². The van der Waals surface area contributed by atoms with Crippen molar-refractivity contribution in [3.05, 3.63) is 101 Å². The first-order chi connectivity index (χ1) is 12.7. The molecule has 1 unspecified atom stereocenters. The minimum absolute atomic E-state index is 0.0221. The quantitative estimate of drug-likeness (QED) is 0.680. The number of hydrogen-bond donors (Lipinski definition) is 1. The van der Waals surface area contributed by atoms with E-state index in [1.165, 1.54) is 27.8 Å². The first kappa shape index (κ1) is 15.4. The second-order valence-electron chi connectivity index (χ2n) is 7.49. The highest BCUT2D eigenvalue weighted by molar-refractivity contribution is 5.94. The van der Waals surface area contributed by atoms with E-state index in [4.69, 9.17) is 0 Å². The summed E-state index contributed by atoms with van der Waals surface area (Å²) >= 11 is 0. The van der Waals surface area contributed by atoms with Crippen LogP contribution in [0, 0.1) is 12.8 Å². The van der Waals surface area contributed by atoms with Gasteiger partial charge >= 0.3 is 0 Å². The predicted molar refractivity (Wildman–Crippen MR) is 104 cm³/mol. The van der Waals surface area contributed by atoms with Gasteiger partial charge in [0, 0.05) is 17.5 Å². The van der Waals surface area contributed by atoms with Gasteiger partial charge in [0.05, 0.1) is 5.92 Å². The number of hydrogen-bond acceptors (Lipinski definition) is 1. The Kier molecular flexibility index (Phi) is 3.46. The SMILES string of the molecule is Cc1ccc(NC(=O)C2CC3c4ccccc4C2c2ccccc23)cc1. The summed E-state index contributed by atoms with van der Waals surface area (Å²) < 4.78 is 0. The van der Waals surface area contributed by atoms with Crippen LogP contribution in [0.1, 0.15) is 46.1 Å². The monoisotopic (exact) mass is 339 g/mol. The molecule has 0 spiro atoms. The van der Waals surface area contributed by atoms with Gasteiger partial charge in [-0.2, -0.15) is 0 Å². The summed E-state index contributed by atoms with van der Waals surface area (Å²) in [5.74, 6) is 0.581. The van der Waals surface area contributed by atoms with Gasteiger partial charge in [-0.1, -0.05) is 66.2 Å². The van der Waals surface area contributed by atoms with Gasteiger partial charge in [-0.05, 0) is 47.7 Å². The number of carbonyl (C=O) groups is 1. The molecule has 2 bridgehead atoms. The zero-order valence-electron chi connectivity index (χ0n) is 14.8. The third kappa shape index (κ3) is 2.29. The summed E-state index contributed by atoms with van der Waals surface area (Å²) in [6.07, 6.45) is 0.885. The van der Waals surface area contributed by atoms with Crippen molar-refractivity contribution in [2.45, 2.75) is 25.2 Å². The van der Waals surface area contributed by atoms with Gasteiger partial charge in [-0.15, -0.1) is 0 Å². The molecule has 0 radical (unpaired) electrons. The van der Waals surface area contributed by atoms with Crippen LogP contribution in [0.3, 0.4) is 0 Å². The van der Waals surface area contributed by atoms with Crippen LogP contribution in [-0.2, 0) is 4.79 Å². The number of carbonyl (C=O) groups excluding carboxylic acids is 1. The predicted octanol–water partition coefficient (Wildman–Crippen LogP) is 5.23. The van der Waals surface area contributed by atoms with Crippen molar-refractivity contribution >= 4 is 11.6 Å². The molecule has 0 heterocycles. The molecule has 1 N–H and O–H groups in total. The average molecular weight is 339 g/mol. The number of rotatable bonds is 2. The summed E-state index contributed by atoms with van der Waals surface area (Å²) in [4.78, 5) is 13.2. The van der Waals surface area contributed by atoms with Gasteiger partial charge in [0.1, 0.15) is 0 Å². The Morgan fingerprint density at radius 3 is 1.92 bits per heavy atom. The largest absolute Gasteiger partial charge is 0.326 e. The fourth-order valence-electron chi connectivity index (χ4n) is 4.77. The summed E-state index contributed by atoms with van der Waals surface area (Å²) in [6.45, 7) is 2.06. The summed E-state index contributed by atoms with van der Waals surface area (Å²) in [5.41, 5.74) is 7.52. The molecule has 0 fully saturated rings. The van der Waals surface area contributed by atoms with Crippen LogP contribution < -0.4 is 5.32 Å². The Balaban J connectivity index is 1.54. The highest BCUT2D eigenvalue weighted by Gasteiger charge is 2.45. The van der Waals surface area contributed by atoms with Crippen molar-refractivity contribution in [3.8, 4) is 0 Å². The summed E-state index contributed by atoms with van der Waals surface area (Å²) in [5, 5.41) is 3.15. The van der Waals surface area contributed by atoms with Gasteiger partial charge in [-0.25, -0.2) is 0 Å². The van der Waals surface area contributed by atoms with E-state index >= 15 is 0 Å². The Morgan fingerprint density at radius 1 is 0.808 bits per heavy atom. The molecule has 0 saturated heterocycles. The average Bonchev–Trinajstić information content (AvgIpc) is 2.69. The maximum Gasteiger partial charge on any atom is 0.228 e. The molecule has 1 atom stereocenters. The van der Waals surface area contributed by atoms with Crippen molar-refractivity contribution < 1.29 is 4.79 Å². The Labute approximate surface area is 153 Å². The number of amides is 1. The Hall–Kier alpha value is -2.87. The van der Waals surface area contributed by atoms with Crippen LogP contribution in [0.2, 0.25) is 0 Å². The second kappa shape index (κ2) is 5.84. The second-order valence-corrected chi connectivity index (χ2v) is 7.49. The first-order valence-electron chi connectivity index (χ1n) is 9.27. The van der Waals surface area contributed by atoms with E-state index in [0.29, 0.717) is 5.92 Å². The lowest BCUT2D eigenvalue weighted by Crippen LogP contribution is -2.38. The molecule has 0 aromatic heterocycles. The molecule has 6 rings (SSSR count). The summed E-state index contributed by atoms with van der Waals surface area (Å²) in [7, 11) is 0. The Morgan fingerprint density at radius 2 is 1.35 bits per heavy atom. The maximum atomic E-state index is 13.2. The van der Waals surface area contributed by atoms with Gasteiger partial charge in [-0.3, -0.25) is 4.79 Å². The van der Waals surface area contributed by atoms with E-state index in [-0.39, 0.29) is 17.7 Å². The van der Waals surface area contributed by atoms with E-state index in [2.05, 4.69) is 60.8 Å². The lowest BCUT2D eigenvalue weighted by Gasteiger charge is -2.44. The molecule has 3 aliphatic carbocycles. The van der Waals surface area contributed by atoms with E-state index < -0.39 is 0 Å². The number of anilines is 1. The van der Waals surface area contributed by atoms with E-state index in [9.17, 15) is 4.79 Å². The molecular weight excluding hydrogens is 318 g/mol. The van der Waals surface area contributed by atoms with Crippen molar-refractivity contribution in [1.29, 1.82) is 0 Å². The zero-order valence-corrected chi connectivity index (χ0v) is 14.8. The third-order valence-corrected chi connectivity index (χ3v) is 5.96. The van der Waals surface area contributed by atoms with Crippen molar-refractivity contribution in [3.63, 3.8) is 0 Å². The minimum atomic E-state index is -0.0221. The van der Waals surface area contributed by atoms with Crippen LogP contribution in [0.15, 0.2) is 72.8 Å². The fraction of sp³-hybridized carbons (Fsp3) is 0.208. The molecule has 128 valence electrons. The fourth-order valence-corrected chi connectivity index (χ4v) is 4.77. The molecular formula is C24H21NO. The normalized spacial score (nSPS) is 22.4. The zero-order chi connectivity index (χ0) is 17.7. The molecule has 0 saturated carbocycles. The van der Waals surface area contributed by atoms with E-state index in [1.54, 1.807) is 0 Å². The standard InChI is InChI=1S/C24H21NO/c1-15-10-12-16(13-11-15)25-24(26)22-14-21-17-6-2-4-8-19(17)23(22)20-9-5-3-7-18(20)21/h2-13,21-23H,14H2,1H3,(H,25,26). The number of fused-ring (bicyclic) bond motifs is 1. The molecule has 3 aliphatic rings. The first-order valence-corrected chi connectivity index (χ1v) is 9.27. The van der Waals surface area contributed by atoms with Gasteiger partial charge in [0.2, 0.25) is 5.91 Å². The highest BCUT2D eigenvalue weighted by Crippen LogP contribution is 2.55. The lowest BCUT2D eigenvalue weighted by molar-refractivity contribution is -0.121. The maximum absolute atomic E-state index is 13.2. The molecule has 2 nitrogen and oxygen atoms in total. The molecule has 3 aromatic carbocycles. The third-order valence-electron chi connectivity index (χ3n) is 5.96. The summed E-state index contributed by atoms with van der Waals surface area (Å²) in [6, 6.07) is 25.3.